The standard InChI is InChI=1S/C24H18ClN3O2/c1-16-10-11-19(13-21(16)25)28-24(29)18-8-5-9-20(12-18)30-23-14-22(26-15-27-23)17-6-3-2-4-7-17/h2-15H,1H3,(H,28,29). The number of amides is 1. The van der Waals surface area contributed by atoms with Crippen LogP contribution in [0.2, 0.25) is 5.02 Å². The van der Waals surface area contributed by atoms with Crippen molar-refractivity contribution in [1.82, 2.24) is 9.97 Å². The molecule has 148 valence electrons. The van der Waals surface area contributed by atoms with Gasteiger partial charge in [-0.3, -0.25) is 4.79 Å². The molecule has 0 spiro atoms. The molecule has 0 saturated heterocycles. The molecule has 1 amide bonds. The first-order chi connectivity index (χ1) is 14.6. The normalized spacial score (nSPS) is 10.5. The summed E-state index contributed by atoms with van der Waals surface area (Å²) in [5.41, 5.74) is 3.76. The molecule has 4 aromatic rings. The van der Waals surface area contributed by atoms with Crippen LogP contribution in [0, 0.1) is 6.92 Å². The first-order valence-electron chi connectivity index (χ1n) is 9.31. The molecule has 0 saturated carbocycles. The number of benzene rings is 3. The van der Waals surface area contributed by atoms with Crippen molar-refractivity contribution in [3.63, 3.8) is 0 Å². The lowest BCUT2D eigenvalue weighted by molar-refractivity contribution is 0.102. The molecule has 0 radical (unpaired) electrons. The van der Waals surface area contributed by atoms with Gasteiger partial charge in [0, 0.05) is 27.9 Å². The maximum absolute atomic E-state index is 12.6. The number of aryl methyl sites for hydroxylation is 1. The van der Waals surface area contributed by atoms with Gasteiger partial charge in [0.05, 0.1) is 5.69 Å². The van der Waals surface area contributed by atoms with Crippen molar-refractivity contribution >= 4 is 23.2 Å². The molecule has 4 rings (SSSR count). The Labute approximate surface area is 179 Å². The van der Waals surface area contributed by atoms with Gasteiger partial charge in [0.1, 0.15) is 12.1 Å². The first-order valence-corrected chi connectivity index (χ1v) is 9.69. The highest BCUT2D eigenvalue weighted by atomic mass is 35.5. The summed E-state index contributed by atoms with van der Waals surface area (Å²) >= 11 is 6.13. The summed E-state index contributed by atoms with van der Waals surface area (Å²) < 4.78 is 5.86. The predicted octanol–water partition coefficient (Wildman–Crippen LogP) is 6.15. The van der Waals surface area contributed by atoms with E-state index in [1.807, 2.05) is 49.4 Å². The van der Waals surface area contributed by atoms with Crippen LogP contribution in [0.25, 0.3) is 11.3 Å². The highest BCUT2D eigenvalue weighted by molar-refractivity contribution is 6.31. The lowest BCUT2D eigenvalue weighted by Crippen LogP contribution is -2.11. The fourth-order valence-electron chi connectivity index (χ4n) is 2.86. The van der Waals surface area contributed by atoms with E-state index in [2.05, 4.69) is 15.3 Å². The van der Waals surface area contributed by atoms with E-state index in [4.69, 9.17) is 16.3 Å². The van der Waals surface area contributed by atoms with Gasteiger partial charge < -0.3 is 10.1 Å². The van der Waals surface area contributed by atoms with Crippen LogP contribution in [-0.2, 0) is 0 Å². The van der Waals surface area contributed by atoms with Crippen molar-refractivity contribution in [1.29, 1.82) is 0 Å². The number of nitrogens with zero attached hydrogens (tertiary/aromatic N) is 2. The number of halogens is 1. The van der Waals surface area contributed by atoms with Crippen molar-refractivity contribution in [2.24, 2.45) is 0 Å². The van der Waals surface area contributed by atoms with Crippen molar-refractivity contribution < 1.29 is 9.53 Å². The molecule has 0 fully saturated rings. The van der Waals surface area contributed by atoms with Crippen molar-refractivity contribution in [2.45, 2.75) is 6.92 Å². The van der Waals surface area contributed by atoms with Gasteiger partial charge in [0.15, 0.2) is 0 Å². The van der Waals surface area contributed by atoms with Crippen LogP contribution < -0.4 is 10.1 Å². The summed E-state index contributed by atoms with van der Waals surface area (Å²) in [5.74, 6) is 0.641. The highest BCUT2D eigenvalue weighted by Gasteiger charge is 2.10. The van der Waals surface area contributed by atoms with Gasteiger partial charge in [0.25, 0.3) is 5.91 Å². The number of aromatic nitrogens is 2. The van der Waals surface area contributed by atoms with Gasteiger partial charge in [0.2, 0.25) is 5.88 Å². The molecule has 0 atom stereocenters. The lowest BCUT2D eigenvalue weighted by atomic mass is 10.1. The Bertz CT molecular complexity index is 1200. The van der Waals surface area contributed by atoms with Crippen molar-refractivity contribution in [3.05, 3.63) is 101 Å². The van der Waals surface area contributed by atoms with Crippen LogP contribution in [0.1, 0.15) is 15.9 Å². The lowest BCUT2D eigenvalue weighted by Gasteiger charge is -2.09. The summed E-state index contributed by atoms with van der Waals surface area (Å²) in [7, 11) is 0. The number of rotatable bonds is 5. The van der Waals surface area contributed by atoms with Crippen LogP contribution in [0.5, 0.6) is 11.6 Å². The largest absolute Gasteiger partial charge is 0.439 e. The number of carbonyl (C=O) groups is 1. The molecule has 0 bridgehead atoms. The Hall–Kier alpha value is -3.70. The zero-order valence-electron chi connectivity index (χ0n) is 16.2. The fraction of sp³-hybridized carbons (Fsp3) is 0.0417. The van der Waals surface area contributed by atoms with E-state index in [1.54, 1.807) is 36.4 Å². The molecule has 0 aliphatic rings. The van der Waals surface area contributed by atoms with Gasteiger partial charge in [-0.05, 0) is 42.8 Å². The van der Waals surface area contributed by atoms with E-state index in [0.29, 0.717) is 27.9 Å². The van der Waals surface area contributed by atoms with Crippen molar-refractivity contribution in [2.75, 3.05) is 5.32 Å². The summed E-state index contributed by atoms with van der Waals surface area (Å²) in [4.78, 5) is 21.1. The number of carbonyl (C=O) groups excluding carboxylic acids is 1. The smallest absolute Gasteiger partial charge is 0.255 e. The number of nitrogens with one attached hydrogen (secondary N) is 1. The number of hydrogen-bond acceptors (Lipinski definition) is 4. The third-order valence-electron chi connectivity index (χ3n) is 4.46. The summed E-state index contributed by atoms with van der Waals surface area (Å²) in [6.07, 6.45) is 1.45. The molecule has 3 aromatic carbocycles. The maximum Gasteiger partial charge on any atom is 0.255 e. The molecule has 5 nitrogen and oxygen atoms in total. The highest BCUT2D eigenvalue weighted by Crippen LogP contribution is 2.25. The van der Waals surface area contributed by atoms with Crippen LogP contribution in [0.15, 0.2) is 85.2 Å². The second-order valence-electron chi connectivity index (χ2n) is 6.66. The predicted molar refractivity (Wildman–Crippen MR) is 118 cm³/mol. The minimum absolute atomic E-state index is 0.256. The average Bonchev–Trinajstić information content (AvgIpc) is 2.77. The molecule has 0 aliphatic carbocycles. The van der Waals surface area contributed by atoms with Gasteiger partial charge in [-0.1, -0.05) is 54.1 Å². The molecule has 1 aromatic heterocycles. The van der Waals surface area contributed by atoms with Crippen LogP contribution >= 0.6 is 11.6 Å². The van der Waals surface area contributed by atoms with Gasteiger partial charge in [-0.2, -0.15) is 0 Å². The third kappa shape index (κ3) is 4.64. The van der Waals surface area contributed by atoms with Crippen LogP contribution in [0.3, 0.4) is 0 Å². The minimum Gasteiger partial charge on any atom is -0.439 e. The van der Waals surface area contributed by atoms with Crippen LogP contribution in [0.4, 0.5) is 5.69 Å². The molecule has 1 N–H and O–H groups in total. The summed E-state index contributed by atoms with van der Waals surface area (Å²) in [6.45, 7) is 1.91. The molecular formula is C24H18ClN3O2. The molecule has 0 aliphatic heterocycles. The Kier molecular flexibility index (Phi) is 5.72. The fourth-order valence-corrected chi connectivity index (χ4v) is 3.04. The molecule has 1 heterocycles. The van der Waals surface area contributed by atoms with E-state index in [9.17, 15) is 4.79 Å². The Balaban J connectivity index is 1.51. The van der Waals surface area contributed by atoms with E-state index < -0.39 is 0 Å². The Morgan fingerprint density at radius 3 is 2.57 bits per heavy atom. The van der Waals surface area contributed by atoms with Crippen LogP contribution in [-0.4, -0.2) is 15.9 Å². The van der Waals surface area contributed by atoms with Gasteiger partial charge in [-0.25, -0.2) is 9.97 Å². The second kappa shape index (κ2) is 8.76. The molecule has 30 heavy (non-hydrogen) atoms. The summed E-state index contributed by atoms with van der Waals surface area (Å²) in [6, 6.07) is 23.8. The second-order valence-corrected chi connectivity index (χ2v) is 7.06. The minimum atomic E-state index is -0.256. The van der Waals surface area contributed by atoms with Crippen molar-refractivity contribution in [3.8, 4) is 22.9 Å². The van der Waals surface area contributed by atoms with E-state index >= 15 is 0 Å². The zero-order chi connectivity index (χ0) is 20.9. The molecular weight excluding hydrogens is 398 g/mol. The van der Waals surface area contributed by atoms with E-state index in [-0.39, 0.29) is 5.91 Å². The van der Waals surface area contributed by atoms with Gasteiger partial charge >= 0.3 is 0 Å². The monoisotopic (exact) mass is 415 g/mol. The maximum atomic E-state index is 12.6. The number of ether oxygens (including phenoxy) is 1. The Morgan fingerprint density at radius 1 is 0.933 bits per heavy atom. The topological polar surface area (TPSA) is 64.1 Å². The van der Waals surface area contributed by atoms with E-state index in [1.165, 1.54) is 6.33 Å². The summed E-state index contributed by atoms with van der Waals surface area (Å²) in [5, 5.41) is 3.44. The van der Waals surface area contributed by atoms with E-state index in [0.717, 1.165) is 16.8 Å². The zero-order valence-corrected chi connectivity index (χ0v) is 16.9. The number of hydrogen-bond donors (Lipinski definition) is 1. The first kappa shape index (κ1) is 19.6. The third-order valence-corrected chi connectivity index (χ3v) is 4.87. The average molecular weight is 416 g/mol. The quantitative estimate of drug-likeness (QED) is 0.424. The molecule has 6 heteroatoms. The number of anilines is 1. The SMILES string of the molecule is Cc1ccc(NC(=O)c2cccc(Oc3cc(-c4ccccc4)ncn3)c2)cc1Cl. The molecule has 0 unspecified atom stereocenters. The Morgan fingerprint density at radius 2 is 1.77 bits per heavy atom. The van der Waals surface area contributed by atoms with Gasteiger partial charge in [-0.15, -0.1) is 0 Å².